The maximum atomic E-state index is 12.9. The molecule has 0 spiro atoms. The summed E-state index contributed by atoms with van der Waals surface area (Å²) in [5.41, 5.74) is 10.0. The van der Waals surface area contributed by atoms with Gasteiger partial charge in [-0.2, -0.15) is 0 Å². The Hall–Kier alpha value is -2.00. The van der Waals surface area contributed by atoms with Crippen LogP contribution in [0, 0.1) is 0 Å². The standard InChI is InChI=1S/C18H19NOS/c1-3-12-8-7-11-14(13(12)4-2)17(20)15-9-5-6-10-16(15)18(19)21/h5-11H,3-4H2,1-2H3,(H2,19,21). The number of thiocarbonyl (C=S) groups is 1. The summed E-state index contributed by atoms with van der Waals surface area (Å²) in [5, 5.41) is 0. The van der Waals surface area contributed by atoms with Gasteiger partial charge >= 0.3 is 0 Å². The van der Waals surface area contributed by atoms with E-state index in [0.717, 1.165) is 24.0 Å². The lowest BCUT2D eigenvalue weighted by Crippen LogP contribution is -2.16. The number of hydrogen-bond acceptors (Lipinski definition) is 2. The van der Waals surface area contributed by atoms with Crippen LogP contribution < -0.4 is 5.73 Å². The zero-order chi connectivity index (χ0) is 15.4. The highest BCUT2D eigenvalue weighted by Gasteiger charge is 2.18. The van der Waals surface area contributed by atoms with Gasteiger partial charge in [0.15, 0.2) is 5.78 Å². The molecule has 0 saturated carbocycles. The molecule has 0 fully saturated rings. The van der Waals surface area contributed by atoms with Gasteiger partial charge in [0, 0.05) is 16.7 Å². The molecule has 0 saturated heterocycles. The van der Waals surface area contributed by atoms with Gasteiger partial charge in [0.25, 0.3) is 0 Å². The molecule has 0 aliphatic carbocycles. The lowest BCUT2D eigenvalue weighted by Gasteiger charge is -2.13. The maximum Gasteiger partial charge on any atom is 0.194 e. The molecule has 3 heteroatoms. The molecular formula is C18H19NOS. The summed E-state index contributed by atoms with van der Waals surface area (Å²) in [6.07, 6.45) is 1.75. The second-order valence-electron chi connectivity index (χ2n) is 4.89. The minimum absolute atomic E-state index is 0.00875. The largest absolute Gasteiger partial charge is 0.389 e. The first-order valence-electron chi connectivity index (χ1n) is 7.14. The number of aryl methyl sites for hydroxylation is 1. The first-order valence-corrected chi connectivity index (χ1v) is 7.55. The van der Waals surface area contributed by atoms with Crippen LogP contribution in [-0.4, -0.2) is 10.8 Å². The Morgan fingerprint density at radius 3 is 2.14 bits per heavy atom. The van der Waals surface area contributed by atoms with Crippen molar-refractivity contribution in [1.82, 2.24) is 0 Å². The van der Waals surface area contributed by atoms with E-state index in [1.807, 2.05) is 24.3 Å². The average molecular weight is 297 g/mol. The van der Waals surface area contributed by atoms with E-state index in [0.29, 0.717) is 11.1 Å². The first-order chi connectivity index (χ1) is 10.1. The molecule has 0 unspecified atom stereocenters. The van der Waals surface area contributed by atoms with Crippen molar-refractivity contribution in [3.8, 4) is 0 Å². The predicted molar refractivity (Wildman–Crippen MR) is 91.0 cm³/mol. The van der Waals surface area contributed by atoms with E-state index in [9.17, 15) is 4.79 Å². The van der Waals surface area contributed by atoms with Crippen LogP contribution in [0.1, 0.15) is 46.5 Å². The van der Waals surface area contributed by atoms with E-state index in [4.69, 9.17) is 18.0 Å². The topological polar surface area (TPSA) is 43.1 Å². The van der Waals surface area contributed by atoms with Crippen LogP contribution in [0.15, 0.2) is 42.5 Å². The summed E-state index contributed by atoms with van der Waals surface area (Å²) in [7, 11) is 0. The molecule has 0 amide bonds. The van der Waals surface area contributed by atoms with Crippen molar-refractivity contribution in [2.75, 3.05) is 0 Å². The van der Waals surface area contributed by atoms with E-state index in [1.54, 1.807) is 12.1 Å². The van der Waals surface area contributed by atoms with E-state index < -0.39 is 0 Å². The van der Waals surface area contributed by atoms with E-state index >= 15 is 0 Å². The molecule has 2 nitrogen and oxygen atoms in total. The van der Waals surface area contributed by atoms with Gasteiger partial charge in [-0.15, -0.1) is 0 Å². The first kappa shape index (κ1) is 15.4. The molecule has 2 N–H and O–H groups in total. The van der Waals surface area contributed by atoms with Crippen molar-refractivity contribution in [3.05, 3.63) is 70.3 Å². The van der Waals surface area contributed by atoms with Crippen molar-refractivity contribution < 1.29 is 4.79 Å². The Labute approximate surface area is 131 Å². The van der Waals surface area contributed by atoms with Crippen molar-refractivity contribution >= 4 is 23.0 Å². The minimum atomic E-state index is -0.00875. The summed E-state index contributed by atoms with van der Waals surface area (Å²) in [4.78, 5) is 13.2. The third-order valence-electron chi connectivity index (χ3n) is 3.69. The third kappa shape index (κ3) is 3.03. The molecule has 2 aromatic carbocycles. The molecule has 0 aromatic heterocycles. The minimum Gasteiger partial charge on any atom is -0.389 e. The van der Waals surface area contributed by atoms with Crippen molar-refractivity contribution in [2.45, 2.75) is 26.7 Å². The number of benzene rings is 2. The summed E-state index contributed by atoms with van der Waals surface area (Å²) >= 11 is 5.05. The quantitative estimate of drug-likeness (QED) is 0.676. The lowest BCUT2D eigenvalue weighted by atomic mass is 9.90. The maximum absolute atomic E-state index is 12.9. The fourth-order valence-corrected chi connectivity index (χ4v) is 2.82. The summed E-state index contributed by atoms with van der Waals surface area (Å²) in [5.74, 6) is -0.00875. The molecule has 108 valence electrons. The van der Waals surface area contributed by atoms with Crippen LogP contribution in [0.2, 0.25) is 0 Å². The number of carbonyl (C=O) groups is 1. The van der Waals surface area contributed by atoms with Gasteiger partial charge in [-0.05, 0) is 24.0 Å². The fraction of sp³-hybridized carbons (Fsp3) is 0.222. The van der Waals surface area contributed by atoms with Crippen LogP contribution in [0.5, 0.6) is 0 Å². The number of hydrogen-bond donors (Lipinski definition) is 1. The van der Waals surface area contributed by atoms with Crippen LogP contribution in [-0.2, 0) is 12.8 Å². The van der Waals surface area contributed by atoms with Crippen LogP contribution >= 0.6 is 12.2 Å². The van der Waals surface area contributed by atoms with Gasteiger partial charge in [0.1, 0.15) is 4.99 Å². The Balaban J connectivity index is 2.58. The number of rotatable bonds is 5. The Morgan fingerprint density at radius 2 is 1.57 bits per heavy atom. The van der Waals surface area contributed by atoms with Crippen molar-refractivity contribution in [1.29, 1.82) is 0 Å². The Kier molecular flexibility index (Phi) is 4.86. The van der Waals surface area contributed by atoms with Gasteiger partial charge in [0.2, 0.25) is 0 Å². The molecule has 0 aliphatic rings. The smallest absolute Gasteiger partial charge is 0.194 e. The molecule has 2 aromatic rings. The zero-order valence-electron chi connectivity index (χ0n) is 12.3. The monoisotopic (exact) mass is 297 g/mol. The van der Waals surface area contributed by atoms with Crippen molar-refractivity contribution in [3.63, 3.8) is 0 Å². The van der Waals surface area contributed by atoms with Gasteiger partial charge < -0.3 is 5.73 Å². The SMILES string of the molecule is CCc1cccc(C(=O)c2ccccc2C(N)=S)c1CC. The van der Waals surface area contributed by atoms with E-state index in [2.05, 4.69) is 19.9 Å². The molecule has 0 bridgehead atoms. The van der Waals surface area contributed by atoms with Gasteiger partial charge in [-0.25, -0.2) is 0 Å². The number of ketones is 1. The van der Waals surface area contributed by atoms with E-state index in [1.165, 1.54) is 5.56 Å². The molecule has 21 heavy (non-hydrogen) atoms. The normalized spacial score (nSPS) is 10.4. The van der Waals surface area contributed by atoms with Gasteiger partial charge in [0.05, 0.1) is 0 Å². The Bertz CT molecular complexity index is 691. The van der Waals surface area contributed by atoms with Gasteiger partial charge in [-0.3, -0.25) is 4.79 Å². The molecular weight excluding hydrogens is 278 g/mol. The number of nitrogens with two attached hydrogens (primary N) is 1. The van der Waals surface area contributed by atoms with E-state index in [-0.39, 0.29) is 10.8 Å². The highest BCUT2D eigenvalue weighted by atomic mass is 32.1. The molecule has 0 atom stereocenters. The lowest BCUT2D eigenvalue weighted by molar-refractivity contribution is 0.103. The summed E-state index contributed by atoms with van der Waals surface area (Å²) < 4.78 is 0. The van der Waals surface area contributed by atoms with Crippen LogP contribution in [0.25, 0.3) is 0 Å². The highest BCUT2D eigenvalue weighted by molar-refractivity contribution is 7.80. The zero-order valence-corrected chi connectivity index (χ0v) is 13.2. The second-order valence-corrected chi connectivity index (χ2v) is 5.33. The highest BCUT2D eigenvalue weighted by Crippen LogP contribution is 2.21. The predicted octanol–water partition coefficient (Wildman–Crippen LogP) is 3.68. The van der Waals surface area contributed by atoms with Crippen molar-refractivity contribution in [2.24, 2.45) is 5.73 Å². The van der Waals surface area contributed by atoms with Crippen LogP contribution in [0.4, 0.5) is 0 Å². The number of carbonyl (C=O) groups excluding carboxylic acids is 1. The molecule has 0 heterocycles. The molecule has 0 radical (unpaired) electrons. The van der Waals surface area contributed by atoms with Crippen LogP contribution in [0.3, 0.4) is 0 Å². The molecule has 0 aliphatic heterocycles. The summed E-state index contributed by atoms with van der Waals surface area (Å²) in [6.45, 7) is 4.18. The van der Waals surface area contributed by atoms with Gasteiger partial charge in [-0.1, -0.05) is 68.5 Å². The third-order valence-corrected chi connectivity index (χ3v) is 3.91. The summed E-state index contributed by atoms with van der Waals surface area (Å²) in [6, 6.07) is 13.2. The second kappa shape index (κ2) is 6.64. The fourth-order valence-electron chi connectivity index (χ4n) is 2.64. The average Bonchev–Trinajstić information content (AvgIpc) is 2.53. The molecule has 2 rings (SSSR count). The Morgan fingerprint density at radius 1 is 0.952 bits per heavy atom.